The predicted molar refractivity (Wildman–Crippen MR) is 79.2 cm³/mol. The summed E-state index contributed by atoms with van der Waals surface area (Å²) in [5.74, 6) is -1.25. The molecule has 0 aliphatic rings. The van der Waals surface area contributed by atoms with E-state index in [2.05, 4.69) is 5.32 Å². The monoisotopic (exact) mass is 276 g/mol. The van der Waals surface area contributed by atoms with Gasteiger partial charge < -0.3 is 16.2 Å². The molecule has 0 heterocycles. The molecule has 1 aromatic rings. The van der Waals surface area contributed by atoms with E-state index < -0.39 is 12.0 Å². The molecule has 0 unspecified atom stereocenters. The molecule has 0 radical (unpaired) electrons. The Hall–Kier alpha value is -2.14. The fourth-order valence-corrected chi connectivity index (χ4v) is 1.46. The van der Waals surface area contributed by atoms with Gasteiger partial charge >= 0.3 is 5.97 Å². The normalized spacial score (nSPS) is 13.2. The van der Waals surface area contributed by atoms with Crippen LogP contribution < -0.4 is 11.1 Å². The standard InChI is InChI=1S/C15H20N2O3/c1-15(2,3)13(16)14(20)17-11-7-4-10(5-8-11)6-9-12(18)19/h4-9,13H,16H2,1-3H3,(H,17,20)(H,18,19)/b9-6+/t13-/m0/s1. The molecule has 0 spiro atoms. The zero-order valence-electron chi connectivity index (χ0n) is 11.9. The smallest absolute Gasteiger partial charge is 0.328 e. The third kappa shape index (κ3) is 4.85. The largest absolute Gasteiger partial charge is 0.478 e. The van der Waals surface area contributed by atoms with Gasteiger partial charge in [-0.15, -0.1) is 0 Å². The van der Waals surface area contributed by atoms with Crippen LogP contribution in [0.2, 0.25) is 0 Å². The summed E-state index contributed by atoms with van der Waals surface area (Å²) in [6.45, 7) is 5.70. The van der Waals surface area contributed by atoms with Gasteiger partial charge in [0.15, 0.2) is 0 Å². The van der Waals surface area contributed by atoms with Gasteiger partial charge in [0.1, 0.15) is 0 Å². The van der Waals surface area contributed by atoms with Gasteiger partial charge in [-0.25, -0.2) is 4.79 Å². The van der Waals surface area contributed by atoms with Crippen molar-refractivity contribution in [2.24, 2.45) is 11.1 Å². The van der Waals surface area contributed by atoms with Gasteiger partial charge in [-0.05, 0) is 29.2 Å². The number of hydrogen-bond donors (Lipinski definition) is 3. The number of amides is 1. The minimum Gasteiger partial charge on any atom is -0.478 e. The van der Waals surface area contributed by atoms with Crippen molar-refractivity contribution in [1.82, 2.24) is 0 Å². The molecule has 0 saturated carbocycles. The summed E-state index contributed by atoms with van der Waals surface area (Å²) in [6, 6.07) is 6.24. The Morgan fingerprint density at radius 1 is 1.25 bits per heavy atom. The highest BCUT2D eigenvalue weighted by atomic mass is 16.4. The fraction of sp³-hybridized carbons (Fsp3) is 0.333. The molecule has 0 bridgehead atoms. The van der Waals surface area contributed by atoms with Crippen LogP contribution in [0.5, 0.6) is 0 Å². The third-order valence-corrected chi connectivity index (χ3v) is 2.81. The number of nitrogens with one attached hydrogen (secondary N) is 1. The average molecular weight is 276 g/mol. The first-order valence-corrected chi connectivity index (χ1v) is 6.27. The summed E-state index contributed by atoms with van der Waals surface area (Å²) in [5.41, 5.74) is 6.92. The van der Waals surface area contributed by atoms with Crippen LogP contribution in [-0.2, 0) is 9.59 Å². The Bertz CT molecular complexity index is 513. The van der Waals surface area contributed by atoms with Crippen molar-refractivity contribution in [3.63, 3.8) is 0 Å². The van der Waals surface area contributed by atoms with E-state index in [0.29, 0.717) is 5.69 Å². The van der Waals surface area contributed by atoms with Crippen LogP contribution in [0.4, 0.5) is 5.69 Å². The van der Waals surface area contributed by atoms with Crippen LogP contribution in [-0.4, -0.2) is 23.0 Å². The lowest BCUT2D eigenvalue weighted by Gasteiger charge is -2.25. The topological polar surface area (TPSA) is 92.4 Å². The Labute approximate surface area is 118 Å². The van der Waals surface area contributed by atoms with E-state index in [0.717, 1.165) is 11.6 Å². The van der Waals surface area contributed by atoms with Gasteiger partial charge in [-0.1, -0.05) is 32.9 Å². The highest BCUT2D eigenvalue weighted by molar-refractivity contribution is 5.95. The lowest BCUT2D eigenvalue weighted by Crippen LogP contribution is -2.45. The van der Waals surface area contributed by atoms with Gasteiger partial charge in [-0.3, -0.25) is 4.79 Å². The Balaban J connectivity index is 2.71. The predicted octanol–water partition coefficient (Wildman–Crippen LogP) is 2.10. The zero-order chi connectivity index (χ0) is 15.3. The van der Waals surface area contributed by atoms with Crippen molar-refractivity contribution in [1.29, 1.82) is 0 Å². The lowest BCUT2D eigenvalue weighted by molar-refractivity contribution is -0.131. The molecule has 1 rings (SSSR count). The molecule has 1 atom stereocenters. The molecule has 4 N–H and O–H groups in total. The summed E-state index contributed by atoms with van der Waals surface area (Å²) in [4.78, 5) is 22.3. The van der Waals surface area contributed by atoms with Crippen LogP contribution in [0, 0.1) is 5.41 Å². The average Bonchev–Trinajstić information content (AvgIpc) is 2.35. The quantitative estimate of drug-likeness (QED) is 0.734. The van der Waals surface area contributed by atoms with Crippen molar-refractivity contribution >= 4 is 23.6 Å². The summed E-state index contributed by atoms with van der Waals surface area (Å²) in [7, 11) is 0. The maximum Gasteiger partial charge on any atom is 0.328 e. The number of nitrogens with two attached hydrogens (primary N) is 1. The summed E-state index contributed by atoms with van der Waals surface area (Å²) >= 11 is 0. The second-order valence-electron chi connectivity index (χ2n) is 5.63. The number of hydrogen-bond acceptors (Lipinski definition) is 3. The van der Waals surface area contributed by atoms with E-state index in [9.17, 15) is 9.59 Å². The summed E-state index contributed by atoms with van der Waals surface area (Å²) < 4.78 is 0. The number of benzene rings is 1. The SMILES string of the molecule is CC(C)(C)[C@@H](N)C(=O)Nc1ccc(/C=C/C(=O)O)cc1. The van der Waals surface area contributed by atoms with Crippen LogP contribution in [0.3, 0.4) is 0 Å². The van der Waals surface area contributed by atoms with Gasteiger partial charge in [0.2, 0.25) is 5.91 Å². The number of aliphatic carboxylic acids is 1. The minimum absolute atomic E-state index is 0.244. The Morgan fingerprint density at radius 2 is 1.80 bits per heavy atom. The van der Waals surface area contributed by atoms with Gasteiger partial charge in [0.25, 0.3) is 0 Å². The second-order valence-corrected chi connectivity index (χ2v) is 5.63. The molecule has 0 aromatic heterocycles. The van der Waals surface area contributed by atoms with Crippen LogP contribution >= 0.6 is 0 Å². The van der Waals surface area contributed by atoms with E-state index >= 15 is 0 Å². The highest BCUT2D eigenvalue weighted by Crippen LogP contribution is 2.19. The van der Waals surface area contributed by atoms with Crippen molar-refractivity contribution < 1.29 is 14.7 Å². The Morgan fingerprint density at radius 3 is 2.25 bits per heavy atom. The first-order chi connectivity index (χ1) is 9.20. The van der Waals surface area contributed by atoms with Crippen molar-refractivity contribution in [2.75, 3.05) is 5.32 Å². The van der Waals surface area contributed by atoms with Gasteiger partial charge in [-0.2, -0.15) is 0 Å². The first kappa shape index (κ1) is 15.9. The maximum absolute atomic E-state index is 11.9. The zero-order valence-corrected chi connectivity index (χ0v) is 11.9. The van der Waals surface area contributed by atoms with Gasteiger partial charge in [0, 0.05) is 11.8 Å². The number of anilines is 1. The molecule has 0 fully saturated rings. The number of carbonyl (C=O) groups is 2. The molecular weight excluding hydrogens is 256 g/mol. The molecule has 108 valence electrons. The molecule has 1 aromatic carbocycles. The van der Waals surface area contributed by atoms with E-state index in [1.54, 1.807) is 24.3 Å². The fourth-order valence-electron chi connectivity index (χ4n) is 1.46. The van der Waals surface area contributed by atoms with Crippen molar-refractivity contribution in [3.05, 3.63) is 35.9 Å². The van der Waals surface area contributed by atoms with E-state index in [4.69, 9.17) is 10.8 Å². The molecule has 5 heteroatoms. The Kier molecular flexibility index (Phi) is 5.05. The number of rotatable bonds is 4. The molecule has 5 nitrogen and oxygen atoms in total. The number of carboxylic acids is 1. The van der Waals surface area contributed by atoms with Gasteiger partial charge in [0.05, 0.1) is 6.04 Å². The van der Waals surface area contributed by atoms with E-state index in [-0.39, 0.29) is 11.3 Å². The van der Waals surface area contributed by atoms with Crippen LogP contribution in [0.1, 0.15) is 26.3 Å². The van der Waals surface area contributed by atoms with Crippen molar-refractivity contribution in [3.8, 4) is 0 Å². The van der Waals surface area contributed by atoms with Crippen molar-refractivity contribution in [2.45, 2.75) is 26.8 Å². The van der Waals surface area contributed by atoms with E-state index in [1.807, 2.05) is 20.8 Å². The number of carboxylic acid groups (broad SMARTS) is 1. The molecule has 0 saturated heterocycles. The van der Waals surface area contributed by atoms with Crippen LogP contribution in [0.25, 0.3) is 6.08 Å². The van der Waals surface area contributed by atoms with Crippen LogP contribution in [0.15, 0.2) is 30.3 Å². The molecular formula is C15H20N2O3. The summed E-state index contributed by atoms with van der Waals surface area (Å²) in [5, 5.41) is 11.3. The molecule has 0 aliphatic carbocycles. The molecule has 1 amide bonds. The number of carbonyl (C=O) groups excluding carboxylic acids is 1. The maximum atomic E-state index is 11.9. The third-order valence-electron chi connectivity index (χ3n) is 2.81. The second kappa shape index (κ2) is 6.34. The first-order valence-electron chi connectivity index (χ1n) is 6.27. The summed E-state index contributed by atoms with van der Waals surface area (Å²) in [6.07, 6.45) is 2.54. The lowest BCUT2D eigenvalue weighted by atomic mass is 9.87. The van der Waals surface area contributed by atoms with E-state index in [1.165, 1.54) is 6.08 Å². The molecule has 0 aliphatic heterocycles. The minimum atomic E-state index is -1.00. The molecule has 20 heavy (non-hydrogen) atoms. The highest BCUT2D eigenvalue weighted by Gasteiger charge is 2.27.